The minimum absolute atomic E-state index is 0.00926. The van der Waals surface area contributed by atoms with Crippen LogP contribution in [0.2, 0.25) is 0 Å². The number of benzene rings is 1. The van der Waals surface area contributed by atoms with Crippen LogP contribution in [0.5, 0.6) is 11.5 Å². The Bertz CT molecular complexity index is 1010. The highest BCUT2D eigenvalue weighted by Gasteiger charge is 2.24. The molecular weight excluding hydrogens is 420 g/mol. The van der Waals surface area contributed by atoms with E-state index in [2.05, 4.69) is 10.0 Å². The van der Waals surface area contributed by atoms with Crippen molar-refractivity contribution in [3.63, 3.8) is 0 Å². The molecule has 1 aliphatic rings. The Balaban J connectivity index is 1.81. The van der Waals surface area contributed by atoms with Crippen LogP contribution in [0.25, 0.3) is 6.08 Å². The van der Waals surface area contributed by atoms with E-state index in [1.165, 1.54) is 39.0 Å². The zero-order chi connectivity index (χ0) is 22.3. The van der Waals surface area contributed by atoms with Crippen LogP contribution in [-0.4, -0.2) is 34.6 Å². The van der Waals surface area contributed by atoms with Crippen LogP contribution in [0.3, 0.4) is 0 Å². The predicted molar refractivity (Wildman–Crippen MR) is 116 cm³/mol. The van der Waals surface area contributed by atoms with Crippen molar-refractivity contribution in [2.75, 3.05) is 14.2 Å². The summed E-state index contributed by atoms with van der Waals surface area (Å²) in [6, 6.07) is 6.60. The quantitative estimate of drug-likeness (QED) is 0.571. The van der Waals surface area contributed by atoms with E-state index in [1.807, 2.05) is 0 Å². The van der Waals surface area contributed by atoms with E-state index in [0.717, 1.165) is 25.7 Å². The van der Waals surface area contributed by atoms with Gasteiger partial charge in [0, 0.05) is 12.1 Å². The second kappa shape index (κ2) is 10.5. The van der Waals surface area contributed by atoms with Crippen LogP contribution in [0.4, 0.5) is 0 Å². The van der Waals surface area contributed by atoms with Gasteiger partial charge in [0.1, 0.15) is 10.7 Å². The Kier molecular flexibility index (Phi) is 7.75. The molecule has 2 N–H and O–H groups in total. The Hall–Kier alpha value is -2.78. The molecule has 9 heteroatoms. The topological polar surface area (TPSA) is 107 Å². The summed E-state index contributed by atoms with van der Waals surface area (Å²) in [5.41, 5.74) is 0.495. The van der Waals surface area contributed by atoms with Crippen molar-refractivity contribution in [1.29, 1.82) is 0 Å². The number of amides is 1. The Labute approximate surface area is 182 Å². The van der Waals surface area contributed by atoms with Gasteiger partial charge in [-0.25, -0.2) is 13.1 Å². The first kappa shape index (κ1) is 22.9. The number of carbonyl (C=O) groups excluding carboxylic acids is 1. The van der Waals surface area contributed by atoms with E-state index >= 15 is 0 Å². The van der Waals surface area contributed by atoms with Crippen molar-refractivity contribution in [3.05, 3.63) is 47.9 Å². The second-order valence-electron chi connectivity index (χ2n) is 7.34. The molecule has 1 aromatic carbocycles. The molecule has 0 aliphatic heterocycles. The van der Waals surface area contributed by atoms with E-state index in [4.69, 9.17) is 13.9 Å². The molecule has 0 atom stereocenters. The molecule has 168 valence electrons. The first-order valence-electron chi connectivity index (χ1n) is 10.2. The molecule has 1 fully saturated rings. The largest absolute Gasteiger partial charge is 0.493 e. The highest BCUT2D eigenvalue weighted by atomic mass is 32.2. The summed E-state index contributed by atoms with van der Waals surface area (Å²) in [4.78, 5) is 12.2. The van der Waals surface area contributed by atoms with Crippen LogP contribution in [-0.2, 0) is 21.4 Å². The smallest absolute Gasteiger partial charge is 0.244 e. The Morgan fingerprint density at radius 2 is 1.97 bits per heavy atom. The number of carbonyl (C=O) groups is 1. The zero-order valence-electron chi connectivity index (χ0n) is 17.7. The number of rotatable bonds is 9. The lowest BCUT2D eigenvalue weighted by Gasteiger charge is -2.21. The Morgan fingerprint density at radius 3 is 2.61 bits per heavy atom. The van der Waals surface area contributed by atoms with Gasteiger partial charge in [-0.15, -0.1) is 0 Å². The molecule has 0 unspecified atom stereocenters. The van der Waals surface area contributed by atoms with Crippen molar-refractivity contribution >= 4 is 22.0 Å². The van der Waals surface area contributed by atoms with Gasteiger partial charge >= 0.3 is 0 Å². The lowest BCUT2D eigenvalue weighted by Crippen LogP contribution is -2.34. The summed E-state index contributed by atoms with van der Waals surface area (Å²) in [5.74, 6) is 0.598. The summed E-state index contributed by atoms with van der Waals surface area (Å²) >= 11 is 0. The summed E-state index contributed by atoms with van der Waals surface area (Å²) < 4.78 is 44.2. The zero-order valence-corrected chi connectivity index (χ0v) is 18.5. The van der Waals surface area contributed by atoms with Gasteiger partial charge in [-0.2, -0.15) is 0 Å². The lowest BCUT2D eigenvalue weighted by molar-refractivity contribution is -0.117. The van der Waals surface area contributed by atoms with E-state index in [-0.39, 0.29) is 34.9 Å². The molecule has 0 bridgehead atoms. The average Bonchev–Trinajstić information content (AvgIpc) is 3.30. The highest BCUT2D eigenvalue weighted by molar-refractivity contribution is 7.89. The molecule has 2 aromatic rings. The maximum Gasteiger partial charge on any atom is 0.244 e. The van der Waals surface area contributed by atoms with Crippen molar-refractivity contribution in [2.45, 2.75) is 49.6 Å². The van der Waals surface area contributed by atoms with Crippen molar-refractivity contribution in [1.82, 2.24) is 10.0 Å². The fraction of sp³-hybridized carbons (Fsp3) is 0.409. The van der Waals surface area contributed by atoms with Gasteiger partial charge in [0.25, 0.3) is 0 Å². The lowest BCUT2D eigenvalue weighted by atomic mass is 9.95. The summed E-state index contributed by atoms with van der Waals surface area (Å²) in [5, 5.41) is 3.00. The predicted octanol–water partition coefficient (Wildman–Crippen LogP) is 3.24. The molecule has 3 rings (SSSR count). The van der Waals surface area contributed by atoms with Crippen LogP contribution >= 0.6 is 0 Å². The third kappa shape index (κ3) is 6.11. The van der Waals surface area contributed by atoms with Gasteiger partial charge < -0.3 is 19.2 Å². The number of furan rings is 1. The van der Waals surface area contributed by atoms with E-state index in [1.54, 1.807) is 24.3 Å². The molecule has 8 nitrogen and oxygen atoms in total. The molecular formula is C22H28N2O6S. The first-order chi connectivity index (χ1) is 14.9. The van der Waals surface area contributed by atoms with E-state index < -0.39 is 10.0 Å². The number of methoxy groups -OCH3 is 2. The maximum absolute atomic E-state index is 12.9. The molecule has 0 saturated heterocycles. The van der Waals surface area contributed by atoms with Gasteiger partial charge in [-0.1, -0.05) is 19.3 Å². The normalized spacial score (nSPS) is 15.2. The molecule has 0 radical (unpaired) electrons. The molecule has 31 heavy (non-hydrogen) atoms. The first-order valence-corrected chi connectivity index (χ1v) is 11.7. The molecule has 1 aromatic heterocycles. The van der Waals surface area contributed by atoms with Gasteiger partial charge in [0.2, 0.25) is 15.9 Å². The van der Waals surface area contributed by atoms with Gasteiger partial charge in [0.15, 0.2) is 11.5 Å². The SMILES string of the molecule is COc1cc(C=CC(=O)NC2CCCCC2)cc(S(=O)(=O)NCc2ccco2)c1OC. The number of ether oxygens (including phenoxy) is 2. The number of hydrogen-bond acceptors (Lipinski definition) is 6. The summed E-state index contributed by atoms with van der Waals surface area (Å²) in [6.07, 6.45) is 9.86. The van der Waals surface area contributed by atoms with Gasteiger partial charge in [-0.3, -0.25) is 4.79 Å². The summed E-state index contributed by atoms with van der Waals surface area (Å²) in [6.45, 7) is -0.00926. The monoisotopic (exact) mass is 448 g/mol. The second-order valence-corrected chi connectivity index (χ2v) is 9.07. The average molecular weight is 449 g/mol. The van der Waals surface area contributed by atoms with Crippen LogP contribution < -0.4 is 19.5 Å². The third-order valence-electron chi connectivity index (χ3n) is 5.15. The summed E-state index contributed by atoms with van der Waals surface area (Å²) in [7, 11) is -1.15. The molecule has 1 saturated carbocycles. The fourth-order valence-corrected chi connectivity index (χ4v) is 4.78. The molecule has 1 amide bonds. The fourth-order valence-electron chi connectivity index (χ4n) is 3.57. The van der Waals surface area contributed by atoms with Gasteiger partial charge in [0.05, 0.1) is 27.0 Å². The van der Waals surface area contributed by atoms with Crippen LogP contribution in [0, 0.1) is 0 Å². The van der Waals surface area contributed by atoms with Crippen LogP contribution in [0.1, 0.15) is 43.4 Å². The minimum atomic E-state index is -3.94. The van der Waals surface area contributed by atoms with Crippen molar-refractivity contribution < 1.29 is 27.1 Å². The minimum Gasteiger partial charge on any atom is -0.493 e. The maximum atomic E-state index is 12.9. The molecule has 1 heterocycles. The Morgan fingerprint density at radius 1 is 1.19 bits per heavy atom. The number of sulfonamides is 1. The van der Waals surface area contributed by atoms with Crippen LogP contribution in [0.15, 0.2) is 45.9 Å². The van der Waals surface area contributed by atoms with Crippen molar-refractivity contribution in [2.24, 2.45) is 0 Å². The standard InChI is InChI=1S/C22H28N2O6S/c1-28-19-13-16(10-11-21(25)24-17-7-4-3-5-8-17)14-20(22(19)29-2)31(26,27)23-15-18-9-6-12-30-18/h6,9-14,17,23H,3-5,7-8,15H2,1-2H3,(H,24,25). The molecule has 1 aliphatic carbocycles. The molecule has 0 spiro atoms. The van der Waals surface area contributed by atoms with Crippen molar-refractivity contribution in [3.8, 4) is 11.5 Å². The number of hydrogen-bond donors (Lipinski definition) is 2. The van der Waals surface area contributed by atoms with E-state index in [0.29, 0.717) is 11.3 Å². The van der Waals surface area contributed by atoms with Gasteiger partial charge in [-0.05, 0) is 48.7 Å². The van der Waals surface area contributed by atoms with E-state index in [9.17, 15) is 13.2 Å². The highest BCUT2D eigenvalue weighted by Crippen LogP contribution is 2.36. The number of nitrogens with one attached hydrogen (secondary N) is 2. The third-order valence-corrected chi connectivity index (χ3v) is 6.56.